The van der Waals surface area contributed by atoms with Crippen LogP contribution in [0.5, 0.6) is 0 Å². The van der Waals surface area contributed by atoms with E-state index in [4.69, 9.17) is 0 Å². The van der Waals surface area contributed by atoms with Gasteiger partial charge in [-0.05, 0) is 44.7 Å². The Morgan fingerprint density at radius 1 is 1.05 bits per heavy atom. The van der Waals surface area contributed by atoms with Gasteiger partial charge in [-0.3, -0.25) is 4.79 Å². The first kappa shape index (κ1) is 16.9. The van der Waals surface area contributed by atoms with E-state index in [1.807, 2.05) is 0 Å². The second-order valence-corrected chi connectivity index (χ2v) is 6.71. The second kappa shape index (κ2) is 8.21. The molecule has 122 valence electrons. The van der Waals surface area contributed by atoms with Crippen LogP contribution in [0.3, 0.4) is 0 Å². The molecule has 1 fully saturated rings. The maximum atomic E-state index is 12.1. The Morgan fingerprint density at radius 3 is 2.23 bits per heavy atom. The maximum Gasteiger partial charge on any atom is 0.221 e. The zero-order chi connectivity index (χ0) is 15.9. The van der Waals surface area contributed by atoms with Crippen molar-refractivity contribution in [3.05, 3.63) is 28.8 Å². The number of rotatable bonds is 5. The normalized spacial score (nSPS) is 16.1. The molecule has 1 aliphatic rings. The molecule has 0 unspecified atom stereocenters. The van der Waals surface area contributed by atoms with E-state index in [0.29, 0.717) is 19.0 Å². The minimum absolute atomic E-state index is 0.182. The van der Waals surface area contributed by atoms with E-state index in [0.717, 1.165) is 12.8 Å². The van der Waals surface area contributed by atoms with Crippen molar-refractivity contribution in [3.8, 4) is 0 Å². The lowest BCUT2D eigenvalue weighted by Crippen LogP contribution is -2.35. The lowest BCUT2D eigenvalue weighted by Gasteiger charge is -2.17. The number of amides is 1. The summed E-state index contributed by atoms with van der Waals surface area (Å²) in [6.45, 7) is 7.05. The van der Waals surface area contributed by atoms with E-state index >= 15 is 0 Å². The van der Waals surface area contributed by atoms with Crippen molar-refractivity contribution in [2.45, 2.75) is 71.8 Å². The Morgan fingerprint density at radius 2 is 1.64 bits per heavy atom. The summed E-state index contributed by atoms with van der Waals surface area (Å²) in [6, 6.07) is 4.76. The van der Waals surface area contributed by atoms with Crippen molar-refractivity contribution < 1.29 is 4.79 Å². The topological polar surface area (TPSA) is 41.1 Å². The van der Waals surface area contributed by atoms with Crippen molar-refractivity contribution in [1.29, 1.82) is 0 Å². The minimum atomic E-state index is 0.182. The van der Waals surface area contributed by atoms with Crippen molar-refractivity contribution >= 4 is 11.6 Å². The van der Waals surface area contributed by atoms with Crippen LogP contribution < -0.4 is 10.6 Å². The minimum Gasteiger partial charge on any atom is -0.384 e. The molecule has 0 bridgehead atoms. The lowest BCUT2D eigenvalue weighted by molar-refractivity contribution is -0.121. The van der Waals surface area contributed by atoms with Gasteiger partial charge in [0.15, 0.2) is 0 Å². The highest BCUT2D eigenvalue weighted by Crippen LogP contribution is 2.22. The van der Waals surface area contributed by atoms with Crippen LogP contribution in [0.15, 0.2) is 12.1 Å². The van der Waals surface area contributed by atoms with Crippen LogP contribution in [0, 0.1) is 20.8 Å². The van der Waals surface area contributed by atoms with Crippen molar-refractivity contribution in [2.75, 3.05) is 11.9 Å². The fraction of sp³-hybridized carbons (Fsp3) is 0.632. The van der Waals surface area contributed by atoms with E-state index in [-0.39, 0.29) is 5.91 Å². The van der Waals surface area contributed by atoms with Crippen molar-refractivity contribution in [2.24, 2.45) is 0 Å². The Hall–Kier alpha value is -1.51. The molecule has 3 heteroatoms. The molecule has 0 aliphatic heterocycles. The lowest BCUT2D eigenvalue weighted by atomic mass is 10.1. The third-order valence-electron chi connectivity index (χ3n) is 4.55. The molecule has 1 aliphatic carbocycles. The maximum absolute atomic E-state index is 12.1. The van der Waals surface area contributed by atoms with E-state index in [1.165, 1.54) is 48.1 Å². The summed E-state index contributed by atoms with van der Waals surface area (Å²) >= 11 is 0. The molecule has 0 heterocycles. The summed E-state index contributed by atoms with van der Waals surface area (Å²) in [4.78, 5) is 12.1. The molecule has 2 N–H and O–H groups in total. The summed E-state index contributed by atoms with van der Waals surface area (Å²) in [7, 11) is 0. The van der Waals surface area contributed by atoms with Gasteiger partial charge in [-0.15, -0.1) is 0 Å². The Bertz CT molecular complexity index is 479. The molecule has 22 heavy (non-hydrogen) atoms. The highest BCUT2D eigenvalue weighted by molar-refractivity contribution is 5.77. The predicted molar refractivity (Wildman–Crippen MR) is 93.4 cm³/mol. The third-order valence-corrected chi connectivity index (χ3v) is 4.55. The van der Waals surface area contributed by atoms with Crippen LogP contribution in [0.4, 0.5) is 5.69 Å². The van der Waals surface area contributed by atoms with Crippen molar-refractivity contribution in [1.82, 2.24) is 5.32 Å². The first-order valence-electron chi connectivity index (χ1n) is 8.67. The predicted octanol–water partition coefficient (Wildman–Crippen LogP) is 4.25. The number of aryl methyl sites for hydroxylation is 3. The van der Waals surface area contributed by atoms with E-state index in [2.05, 4.69) is 43.5 Å². The fourth-order valence-electron chi connectivity index (χ4n) is 3.48. The number of hydrogen-bond acceptors (Lipinski definition) is 2. The van der Waals surface area contributed by atoms with Gasteiger partial charge in [0.1, 0.15) is 0 Å². The molecule has 1 aromatic rings. The largest absolute Gasteiger partial charge is 0.384 e. The Balaban J connectivity index is 1.77. The summed E-state index contributed by atoms with van der Waals surface area (Å²) in [6.07, 6.45) is 7.99. The number of hydrogen-bond donors (Lipinski definition) is 2. The van der Waals surface area contributed by atoms with Gasteiger partial charge in [0, 0.05) is 24.7 Å². The molecule has 3 nitrogen and oxygen atoms in total. The molecule has 1 amide bonds. The standard InChI is InChI=1S/C19H30N2O/c1-14-12-15(2)19(16(3)13-14)20-11-10-18(22)21-17-8-6-4-5-7-9-17/h12-13,17,20H,4-11H2,1-3H3,(H,21,22). The quantitative estimate of drug-likeness (QED) is 0.798. The van der Waals surface area contributed by atoms with E-state index in [9.17, 15) is 4.79 Å². The molecule has 0 atom stereocenters. The average Bonchev–Trinajstić information content (AvgIpc) is 2.70. The van der Waals surface area contributed by atoms with Gasteiger partial charge >= 0.3 is 0 Å². The van der Waals surface area contributed by atoms with E-state index < -0.39 is 0 Å². The second-order valence-electron chi connectivity index (χ2n) is 6.71. The smallest absolute Gasteiger partial charge is 0.221 e. The highest BCUT2D eigenvalue weighted by Gasteiger charge is 2.14. The molecular weight excluding hydrogens is 272 g/mol. The monoisotopic (exact) mass is 302 g/mol. The van der Waals surface area contributed by atoms with Gasteiger partial charge in [0.25, 0.3) is 0 Å². The molecule has 0 radical (unpaired) electrons. The van der Waals surface area contributed by atoms with Crippen LogP contribution in [0.1, 0.15) is 61.6 Å². The van der Waals surface area contributed by atoms with Gasteiger partial charge in [0.05, 0.1) is 0 Å². The molecule has 1 aromatic carbocycles. The van der Waals surface area contributed by atoms with Gasteiger partial charge in [-0.1, -0.05) is 43.4 Å². The SMILES string of the molecule is Cc1cc(C)c(NCCC(=O)NC2CCCCCC2)c(C)c1. The summed E-state index contributed by atoms with van der Waals surface area (Å²) in [5.74, 6) is 0.182. The van der Waals surface area contributed by atoms with Crippen LogP contribution >= 0.6 is 0 Å². The van der Waals surface area contributed by atoms with Gasteiger partial charge in [-0.2, -0.15) is 0 Å². The van der Waals surface area contributed by atoms with Crippen LogP contribution in [-0.4, -0.2) is 18.5 Å². The summed E-state index contributed by atoms with van der Waals surface area (Å²) in [5.41, 5.74) is 4.96. The zero-order valence-corrected chi connectivity index (χ0v) is 14.3. The fourth-order valence-corrected chi connectivity index (χ4v) is 3.48. The Labute approximate surface area is 134 Å². The number of carbonyl (C=O) groups is 1. The molecule has 1 saturated carbocycles. The van der Waals surface area contributed by atoms with Gasteiger partial charge in [-0.25, -0.2) is 0 Å². The van der Waals surface area contributed by atoms with Crippen LogP contribution in [0.25, 0.3) is 0 Å². The van der Waals surface area contributed by atoms with Gasteiger partial charge in [0.2, 0.25) is 5.91 Å². The average molecular weight is 302 g/mol. The van der Waals surface area contributed by atoms with Crippen LogP contribution in [0.2, 0.25) is 0 Å². The van der Waals surface area contributed by atoms with Gasteiger partial charge < -0.3 is 10.6 Å². The highest BCUT2D eigenvalue weighted by atomic mass is 16.1. The number of nitrogens with one attached hydrogen (secondary N) is 2. The third kappa shape index (κ3) is 5.04. The number of carbonyl (C=O) groups excluding carboxylic acids is 1. The Kier molecular flexibility index (Phi) is 6.29. The molecular formula is C19H30N2O. The first-order valence-corrected chi connectivity index (χ1v) is 8.67. The molecule has 2 rings (SSSR count). The van der Waals surface area contributed by atoms with Crippen LogP contribution in [-0.2, 0) is 4.79 Å². The number of anilines is 1. The van der Waals surface area contributed by atoms with E-state index in [1.54, 1.807) is 0 Å². The first-order chi connectivity index (χ1) is 10.6. The van der Waals surface area contributed by atoms with Crippen molar-refractivity contribution in [3.63, 3.8) is 0 Å². The number of benzene rings is 1. The molecule has 0 saturated heterocycles. The molecule has 0 spiro atoms. The zero-order valence-electron chi connectivity index (χ0n) is 14.3. The summed E-state index contributed by atoms with van der Waals surface area (Å²) in [5, 5.41) is 6.63. The summed E-state index contributed by atoms with van der Waals surface area (Å²) < 4.78 is 0. The molecule has 0 aromatic heterocycles.